The summed E-state index contributed by atoms with van der Waals surface area (Å²) in [5.41, 5.74) is 0. The van der Waals surface area contributed by atoms with Crippen molar-refractivity contribution in [3.63, 3.8) is 0 Å². The molecule has 0 aliphatic heterocycles. The Bertz CT molecular complexity index is 408. The topological polar surface area (TPSA) is 87.7 Å². The quantitative estimate of drug-likeness (QED) is 0.437. The van der Waals surface area contributed by atoms with E-state index in [0.717, 1.165) is 12.5 Å². The first-order valence-corrected chi connectivity index (χ1v) is 17.4. The maximum atomic E-state index is 11.4. The first-order chi connectivity index (χ1) is 10.2. The molecule has 0 rings (SSSR count). The fourth-order valence-corrected chi connectivity index (χ4v) is 15.7. The van der Waals surface area contributed by atoms with Crippen molar-refractivity contribution in [1.82, 2.24) is 5.32 Å². The number of amides is 1. The minimum absolute atomic E-state index is 0.0242. The Hall–Kier alpha value is -0.489. The third-order valence-corrected chi connectivity index (χ3v) is 13.1. The van der Waals surface area contributed by atoms with Crippen molar-refractivity contribution in [3.8, 4) is 0 Å². The molecule has 0 bridgehead atoms. The van der Waals surface area contributed by atoms with E-state index in [2.05, 4.69) is 51.1 Å². The molecule has 0 aromatic rings. The summed E-state index contributed by atoms with van der Waals surface area (Å²) in [4.78, 5) is 21.7. The lowest BCUT2D eigenvalue weighted by atomic mass is 10.3. The van der Waals surface area contributed by atoms with Gasteiger partial charge < -0.3 is 23.4 Å². The van der Waals surface area contributed by atoms with Crippen LogP contribution < -0.4 is 10.4 Å². The van der Waals surface area contributed by atoms with Crippen molar-refractivity contribution in [3.05, 3.63) is 0 Å². The maximum Gasteiger partial charge on any atom is 0.311 e. The minimum Gasteiger partial charge on any atom is -0.550 e. The molecule has 0 radical (unpaired) electrons. The van der Waals surface area contributed by atoms with Crippen molar-refractivity contribution in [2.24, 2.45) is 0 Å². The molecule has 0 saturated carbocycles. The van der Waals surface area contributed by atoms with E-state index < -0.39 is 31.2 Å². The summed E-state index contributed by atoms with van der Waals surface area (Å²) in [5, 5.41) is 13.0. The Morgan fingerprint density at radius 2 is 1.52 bits per heavy atom. The molecule has 1 N–H and O–H groups in total. The van der Waals surface area contributed by atoms with Gasteiger partial charge in [0.15, 0.2) is 16.6 Å². The third-order valence-electron chi connectivity index (χ3n) is 2.91. The normalized spacial score (nSPS) is 13.0. The minimum atomic E-state index is -2.12. The molecular weight excluding hydrogens is 346 g/mol. The van der Waals surface area contributed by atoms with Crippen LogP contribution in [0, 0.1) is 0 Å². The van der Waals surface area contributed by atoms with Crippen LogP contribution in [0.4, 0.5) is 0 Å². The monoisotopic (exact) mass is 378 g/mol. The third kappa shape index (κ3) is 13.6. The van der Waals surface area contributed by atoms with E-state index in [1.807, 2.05) is 0 Å². The zero-order valence-electron chi connectivity index (χ0n) is 15.6. The van der Waals surface area contributed by atoms with Crippen LogP contribution in [-0.4, -0.2) is 43.6 Å². The average Bonchev–Trinajstić information content (AvgIpc) is 2.27. The highest BCUT2D eigenvalue weighted by atomic mass is 28.5. The van der Waals surface area contributed by atoms with Gasteiger partial charge in [-0.1, -0.05) is 0 Å². The summed E-state index contributed by atoms with van der Waals surface area (Å²) in [6.07, 6.45) is 0.570. The number of rotatable bonds is 11. The Morgan fingerprint density at radius 3 is 2.00 bits per heavy atom. The van der Waals surface area contributed by atoms with E-state index in [0.29, 0.717) is 6.54 Å². The second kappa shape index (κ2) is 9.11. The van der Waals surface area contributed by atoms with Crippen LogP contribution in [0.1, 0.15) is 19.3 Å². The van der Waals surface area contributed by atoms with Gasteiger partial charge >= 0.3 is 8.56 Å². The molecule has 0 unspecified atom stereocenters. The highest BCUT2D eigenvalue weighted by Gasteiger charge is 2.37. The number of carboxylic acids is 1. The summed E-state index contributed by atoms with van der Waals surface area (Å²) in [6.45, 7) is 15.6. The zero-order valence-corrected chi connectivity index (χ0v) is 18.6. The summed E-state index contributed by atoms with van der Waals surface area (Å²) in [7, 11) is -5.58. The predicted octanol–water partition coefficient (Wildman–Crippen LogP) is 1.80. The number of nitrogens with one attached hydrogen (secondary N) is 1. The lowest BCUT2D eigenvalue weighted by Crippen LogP contribution is -2.51. The molecular formula is C14H32NO5Si3-. The van der Waals surface area contributed by atoms with Gasteiger partial charge in [-0.25, -0.2) is 0 Å². The van der Waals surface area contributed by atoms with E-state index in [-0.39, 0.29) is 18.7 Å². The molecule has 0 aliphatic carbocycles. The highest BCUT2D eigenvalue weighted by molar-refractivity contribution is 6.87. The molecule has 0 fully saturated rings. The number of carbonyl (C=O) groups is 2. The Kier molecular flexibility index (Phi) is 8.92. The van der Waals surface area contributed by atoms with Crippen LogP contribution in [0.2, 0.25) is 51.9 Å². The first kappa shape index (κ1) is 22.5. The fourth-order valence-electron chi connectivity index (χ4n) is 2.52. The molecule has 23 heavy (non-hydrogen) atoms. The van der Waals surface area contributed by atoms with E-state index >= 15 is 0 Å². The SMILES string of the molecule is C[Si](C)(C)O[Si](C)(C)O[Si](C)(C)CCCNC(=O)CCC(=O)[O-]. The van der Waals surface area contributed by atoms with Crippen LogP contribution in [0.5, 0.6) is 0 Å². The number of hydrogen-bond acceptors (Lipinski definition) is 5. The van der Waals surface area contributed by atoms with Gasteiger partial charge in [-0.15, -0.1) is 0 Å². The Morgan fingerprint density at radius 1 is 0.957 bits per heavy atom. The van der Waals surface area contributed by atoms with Gasteiger partial charge in [0.1, 0.15) is 0 Å². The van der Waals surface area contributed by atoms with Gasteiger partial charge in [0.05, 0.1) is 0 Å². The average molecular weight is 379 g/mol. The summed E-state index contributed by atoms with van der Waals surface area (Å²) in [5.74, 6) is -1.44. The molecule has 0 aromatic heterocycles. The van der Waals surface area contributed by atoms with E-state index in [1.54, 1.807) is 0 Å². The molecule has 0 saturated heterocycles. The molecule has 6 nitrogen and oxygen atoms in total. The molecule has 0 aromatic carbocycles. The van der Waals surface area contributed by atoms with Crippen LogP contribution >= 0.6 is 0 Å². The molecule has 1 amide bonds. The highest BCUT2D eigenvalue weighted by Crippen LogP contribution is 2.23. The largest absolute Gasteiger partial charge is 0.550 e. The number of carboxylic acid groups (broad SMARTS) is 1. The number of hydrogen-bond donors (Lipinski definition) is 1. The van der Waals surface area contributed by atoms with Gasteiger partial charge in [0, 0.05) is 18.9 Å². The molecule has 0 heterocycles. The van der Waals surface area contributed by atoms with E-state index in [4.69, 9.17) is 8.23 Å². The standard InChI is InChI=1S/C14H33NO5Si3/c1-21(2,3)19-23(6,7)20-22(4,5)12-8-11-15-13(16)9-10-14(17)18/h8-12H2,1-7H3,(H,15,16)(H,17,18)/p-1. The van der Waals surface area contributed by atoms with Crippen molar-refractivity contribution < 1.29 is 22.9 Å². The van der Waals surface area contributed by atoms with E-state index in [9.17, 15) is 14.7 Å². The van der Waals surface area contributed by atoms with Gasteiger partial charge in [0.25, 0.3) is 0 Å². The summed E-state index contributed by atoms with van der Waals surface area (Å²) >= 11 is 0. The Balaban J connectivity index is 4.13. The lowest BCUT2D eigenvalue weighted by Gasteiger charge is -2.37. The Labute approximate surface area is 143 Å². The van der Waals surface area contributed by atoms with E-state index in [1.165, 1.54) is 0 Å². The van der Waals surface area contributed by atoms with Gasteiger partial charge in [-0.2, -0.15) is 0 Å². The molecule has 136 valence electrons. The van der Waals surface area contributed by atoms with Crippen molar-refractivity contribution in [2.45, 2.75) is 71.1 Å². The summed E-state index contributed by atoms with van der Waals surface area (Å²) in [6, 6.07) is 0.930. The lowest BCUT2D eigenvalue weighted by molar-refractivity contribution is -0.305. The zero-order chi connectivity index (χ0) is 18.3. The van der Waals surface area contributed by atoms with Gasteiger partial charge in [0.2, 0.25) is 5.91 Å². The fraction of sp³-hybridized carbons (Fsp3) is 0.857. The van der Waals surface area contributed by atoms with Crippen LogP contribution in [0.3, 0.4) is 0 Å². The maximum absolute atomic E-state index is 11.4. The molecule has 0 atom stereocenters. The molecule has 0 spiro atoms. The van der Waals surface area contributed by atoms with Crippen LogP contribution in [0.15, 0.2) is 0 Å². The molecule has 0 aliphatic rings. The van der Waals surface area contributed by atoms with Crippen LogP contribution in [-0.2, 0) is 17.8 Å². The summed E-state index contributed by atoms with van der Waals surface area (Å²) < 4.78 is 12.6. The molecule has 9 heteroatoms. The second-order valence-corrected chi connectivity index (χ2v) is 20.5. The smallest absolute Gasteiger partial charge is 0.311 e. The van der Waals surface area contributed by atoms with Crippen molar-refractivity contribution in [1.29, 1.82) is 0 Å². The second-order valence-electron chi connectivity index (χ2n) is 7.80. The van der Waals surface area contributed by atoms with Gasteiger partial charge in [-0.05, 0) is 64.7 Å². The predicted molar refractivity (Wildman–Crippen MR) is 97.2 cm³/mol. The van der Waals surface area contributed by atoms with Crippen molar-refractivity contribution >= 4 is 37.1 Å². The van der Waals surface area contributed by atoms with Crippen molar-refractivity contribution in [2.75, 3.05) is 6.54 Å². The first-order valence-electron chi connectivity index (χ1n) is 8.09. The van der Waals surface area contributed by atoms with Crippen LogP contribution in [0.25, 0.3) is 0 Å². The number of aliphatic carboxylic acids is 1. The van der Waals surface area contributed by atoms with Gasteiger partial charge in [-0.3, -0.25) is 4.79 Å². The number of carbonyl (C=O) groups excluding carboxylic acids is 2.